The number of hydrogen-bond donors (Lipinski definition) is 0. The summed E-state index contributed by atoms with van der Waals surface area (Å²) >= 11 is 0. The monoisotopic (exact) mass is 340 g/mol. The average Bonchev–Trinajstić information content (AvgIpc) is 2.65. The Balaban J connectivity index is 2.12. The molecule has 1 heterocycles. The summed E-state index contributed by atoms with van der Waals surface area (Å²) in [6.45, 7) is 5.84. The number of rotatable bonds is 3. The normalized spacial score (nSPS) is 23.0. The summed E-state index contributed by atoms with van der Waals surface area (Å²) in [5.74, 6) is 0.183. The Morgan fingerprint density at radius 1 is 1.16 bits per heavy atom. The van der Waals surface area contributed by atoms with E-state index in [0.29, 0.717) is 13.0 Å². The third kappa shape index (κ3) is 4.45. The van der Waals surface area contributed by atoms with Crippen LogP contribution in [0.2, 0.25) is 0 Å². The number of carbonyl (C=O) groups is 1. The summed E-state index contributed by atoms with van der Waals surface area (Å²) < 4.78 is 13.6. The van der Waals surface area contributed by atoms with Crippen molar-refractivity contribution in [1.29, 1.82) is 0 Å². The second-order valence-corrected chi connectivity index (χ2v) is 6.28. The molecule has 3 rings (SSSR count). The van der Waals surface area contributed by atoms with Crippen LogP contribution in [0.5, 0.6) is 0 Å². The van der Waals surface area contributed by atoms with Crippen LogP contribution >= 0.6 is 0 Å². The third-order valence-corrected chi connectivity index (χ3v) is 4.59. The highest BCUT2D eigenvalue weighted by atomic mass is 16.5. The van der Waals surface area contributed by atoms with E-state index >= 15 is 0 Å². The first kappa shape index (κ1) is 17.6. The highest BCUT2D eigenvalue weighted by Crippen LogP contribution is 2.28. The number of nitrogens with zero attached hydrogens (tertiary/aromatic N) is 1. The van der Waals surface area contributed by atoms with Gasteiger partial charge < -0.3 is 9.47 Å². The molecule has 4 nitrogen and oxygen atoms in total. The molecule has 1 saturated heterocycles. The summed E-state index contributed by atoms with van der Waals surface area (Å²) in [4.78, 5) is 12.3. The van der Waals surface area contributed by atoms with E-state index in [0.717, 1.165) is 55.9 Å². The second kappa shape index (κ2) is 8.77. The lowest BCUT2D eigenvalue weighted by molar-refractivity contribution is -0.549. The highest BCUT2D eigenvalue weighted by Gasteiger charge is 2.27. The van der Waals surface area contributed by atoms with Crippen molar-refractivity contribution in [3.05, 3.63) is 53.8 Å². The van der Waals surface area contributed by atoms with E-state index in [9.17, 15) is 4.79 Å². The molecule has 0 spiro atoms. The van der Waals surface area contributed by atoms with Gasteiger partial charge in [-0.25, -0.2) is 4.58 Å². The van der Waals surface area contributed by atoms with E-state index in [4.69, 9.17) is 9.47 Å². The van der Waals surface area contributed by atoms with Gasteiger partial charge in [-0.05, 0) is 25.0 Å². The molecule has 0 aromatic heterocycles. The summed E-state index contributed by atoms with van der Waals surface area (Å²) in [5, 5.41) is 0. The number of hydrogen-bond acceptors (Lipinski definition) is 3. The molecule has 0 unspecified atom stereocenters. The smallest absolute Gasteiger partial charge is 0.187 e. The predicted molar refractivity (Wildman–Crippen MR) is 98.8 cm³/mol. The standard InChI is InChI=1S/C21H26NO3/c1-2-24-16-20-19(17-7-4-3-5-8-17)15-18(23)9-6-10-21(20)22-11-13-25-14-12-22/h3-5,7-8,15-16H,2,6,9-14H2,1H3/q+1/b19-15-,20-16-. The van der Waals surface area contributed by atoms with E-state index in [1.807, 2.05) is 31.4 Å². The molecule has 25 heavy (non-hydrogen) atoms. The van der Waals surface area contributed by atoms with Gasteiger partial charge in [-0.3, -0.25) is 4.79 Å². The third-order valence-electron chi connectivity index (χ3n) is 4.59. The summed E-state index contributed by atoms with van der Waals surface area (Å²) in [5.41, 5.74) is 4.30. The molecular formula is C21H26NO3+. The van der Waals surface area contributed by atoms with Crippen LogP contribution in [0.15, 0.2) is 48.2 Å². The lowest BCUT2D eigenvalue weighted by Crippen LogP contribution is -2.35. The van der Waals surface area contributed by atoms with Crippen molar-refractivity contribution in [3.8, 4) is 0 Å². The zero-order valence-corrected chi connectivity index (χ0v) is 14.9. The minimum absolute atomic E-state index is 0.183. The van der Waals surface area contributed by atoms with Gasteiger partial charge in [0.05, 0.1) is 18.4 Å². The second-order valence-electron chi connectivity index (χ2n) is 6.28. The van der Waals surface area contributed by atoms with E-state index in [-0.39, 0.29) is 5.78 Å². The maximum atomic E-state index is 12.3. The van der Waals surface area contributed by atoms with Crippen LogP contribution in [-0.4, -0.2) is 49.0 Å². The molecule has 1 aliphatic heterocycles. The van der Waals surface area contributed by atoms with Crippen molar-refractivity contribution in [2.75, 3.05) is 32.9 Å². The fourth-order valence-corrected chi connectivity index (χ4v) is 3.35. The lowest BCUT2D eigenvalue weighted by atomic mass is 9.88. The van der Waals surface area contributed by atoms with E-state index < -0.39 is 0 Å². The first-order valence-corrected chi connectivity index (χ1v) is 9.10. The Morgan fingerprint density at radius 2 is 1.92 bits per heavy atom. The van der Waals surface area contributed by atoms with Crippen LogP contribution in [0.25, 0.3) is 5.57 Å². The van der Waals surface area contributed by atoms with Gasteiger partial charge in [-0.1, -0.05) is 30.3 Å². The van der Waals surface area contributed by atoms with Gasteiger partial charge in [-0.2, -0.15) is 0 Å². The van der Waals surface area contributed by atoms with Gasteiger partial charge in [0.1, 0.15) is 13.2 Å². The summed E-state index contributed by atoms with van der Waals surface area (Å²) in [7, 11) is 0. The molecule has 2 aliphatic rings. The van der Waals surface area contributed by atoms with Crippen molar-refractivity contribution in [2.24, 2.45) is 0 Å². The SMILES string of the molecule is CCO/C=C1C(=[N+]2CCOCC2)CCCC(=O)/C=C\1c1ccccc1. The first-order valence-electron chi connectivity index (χ1n) is 9.10. The topological polar surface area (TPSA) is 38.5 Å². The molecule has 0 atom stereocenters. The Labute approximate surface area is 149 Å². The van der Waals surface area contributed by atoms with Crippen LogP contribution < -0.4 is 0 Å². The average molecular weight is 340 g/mol. The van der Waals surface area contributed by atoms with E-state index in [2.05, 4.69) is 16.7 Å². The minimum atomic E-state index is 0.183. The zero-order valence-electron chi connectivity index (χ0n) is 14.9. The van der Waals surface area contributed by atoms with Crippen molar-refractivity contribution < 1.29 is 18.8 Å². The first-order chi connectivity index (χ1) is 12.3. The molecule has 0 saturated carbocycles. The van der Waals surface area contributed by atoms with Gasteiger partial charge in [0.15, 0.2) is 24.6 Å². The molecule has 0 amide bonds. The Kier molecular flexibility index (Phi) is 6.18. The number of carbonyl (C=O) groups excluding carboxylic acids is 1. The van der Waals surface area contributed by atoms with Gasteiger partial charge in [0.2, 0.25) is 0 Å². The Hall–Kier alpha value is -2.20. The van der Waals surface area contributed by atoms with Crippen molar-refractivity contribution in [2.45, 2.75) is 26.2 Å². The van der Waals surface area contributed by atoms with Crippen LogP contribution in [0, 0.1) is 0 Å². The Bertz CT molecular complexity index is 693. The van der Waals surface area contributed by atoms with Crippen molar-refractivity contribution >= 4 is 17.1 Å². The lowest BCUT2D eigenvalue weighted by Gasteiger charge is -2.20. The molecule has 132 valence electrons. The maximum absolute atomic E-state index is 12.3. The maximum Gasteiger partial charge on any atom is 0.187 e. The Morgan fingerprint density at radius 3 is 2.64 bits per heavy atom. The minimum Gasteiger partial charge on any atom is -0.501 e. The number of allylic oxidation sites excluding steroid dienone is 3. The number of benzene rings is 1. The largest absolute Gasteiger partial charge is 0.501 e. The zero-order chi connectivity index (χ0) is 17.5. The molecule has 0 bridgehead atoms. The molecule has 1 aliphatic carbocycles. The van der Waals surface area contributed by atoms with Gasteiger partial charge >= 0.3 is 0 Å². The fourth-order valence-electron chi connectivity index (χ4n) is 3.35. The summed E-state index contributed by atoms with van der Waals surface area (Å²) in [6, 6.07) is 10.1. The van der Waals surface area contributed by atoms with Crippen LogP contribution in [0.1, 0.15) is 31.7 Å². The number of ether oxygens (including phenoxy) is 2. The van der Waals surface area contributed by atoms with Crippen molar-refractivity contribution in [3.63, 3.8) is 0 Å². The van der Waals surface area contributed by atoms with Gasteiger partial charge in [0.25, 0.3) is 0 Å². The van der Waals surface area contributed by atoms with E-state index in [1.165, 1.54) is 5.71 Å². The molecule has 0 radical (unpaired) electrons. The van der Waals surface area contributed by atoms with E-state index in [1.54, 1.807) is 6.08 Å². The van der Waals surface area contributed by atoms with Crippen LogP contribution in [0.4, 0.5) is 0 Å². The molecule has 0 N–H and O–H groups in total. The van der Waals surface area contributed by atoms with Gasteiger partial charge in [-0.15, -0.1) is 0 Å². The van der Waals surface area contributed by atoms with Crippen molar-refractivity contribution in [1.82, 2.24) is 0 Å². The molecule has 1 aromatic rings. The molecule has 1 aromatic carbocycles. The van der Waals surface area contributed by atoms with Gasteiger partial charge in [0, 0.05) is 18.4 Å². The molecular weight excluding hydrogens is 314 g/mol. The predicted octanol–water partition coefficient (Wildman–Crippen LogP) is 3.23. The quantitative estimate of drug-likeness (QED) is 0.626. The fraction of sp³-hybridized carbons (Fsp3) is 0.429. The van der Waals surface area contributed by atoms with Crippen LogP contribution in [-0.2, 0) is 14.3 Å². The van der Waals surface area contributed by atoms with Crippen LogP contribution in [0.3, 0.4) is 0 Å². The summed E-state index contributed by atoms with van der Waals surface area (Å²) in [6.07, 6.45) is 5.97. The molecule has 4 heteroatoms. The number of ketones is 1. The number of morpholine rings is 1. The molecule has 1 fully saturated rings. The highest BCUT2D eigenvalue weighted by molar-refractivity contribution is 6.15.